The van der Waals surface area contributed by atoms with Crippen molar-refractivity contribution in [2.45, 2.75) is 26.3 Å². The highest BCUT2D eigenvalue weighted by atomic mass is 79.9. The summed E-state index contributed by atoms with van der Waals surface area (Å²) in [4.78, 5) is 0. The zero-order chi connectivity index (χ0) is 10.8. The molecule has 0 atom stereocenters. The summed E-state index contributed by atoms with van der Waals surface area (Å²) in [6, 6.07) is 6.23. The SMILES string of the molecule is Cc1ccc(NCC(C)(C)N)c(Br)c1. The number of aryl methyl sites for hydroxylation is 1. The van der Waals surface area contributed by atoms with Gasteiger partial charge in [-0.3, -0.25) is 0 Å². The number of anilines is 1. The largest absolute Gasteiger partial charge is 0.382 e. The average molecular weight is 257 g/mol. The predicted octanol–water partition coefficient (Wildman–Crippen LogP) is 2.91. The van der Waals surface area contributed by atoms with Crippen molar-refractivity contribution in [1.82, 2.24) is 0 Å². The van der Waals surface area contributed by atoms with Gasteiger partial charge in [0.15, 0.2) is 0 Å². The molecule has 78 valence electrons. The fraction of sp³-hybridized carbons (Fsp3) is 0.455. The molecule has 0 fully saturated rings. The lowest BCUT2D eigenvalue weighted by molar-refractivity contribution is 0.549. The van der Waals surface area contributed by atoms with E-state index in [0.717, 1.165) is 16.7 Å². The van der Waals surface area contributed by atoms with Gasteiger partial charge in [0.2, 0.25) is 0 Å². The summed E-state index contributed by atoms with van der Waals surface area (Å²) < 4.78 is 1.08. The molecule has 0 bridgehead atoms. The van der Waals surface area contributed by atoms with Gasteiger partial charge in [-0.2, -0.15) is 0 Å². The Morgan fingerprint density at radius 3 is 2.57 bits per heavy atom. The molecule has 0 saturated carbocycles. The van der Waals surface area contributed by atoms with E-state index < -0.39 is 0 Å². The molecule has 0 unspecified atom stereocenters. The van der Waals surface area contributed by atoms with Crippen molar-refractivity contribution in [3.05, 3.63) is 28.2 Å². The Hall–Kier alpha value is -0.540. The van der Waals surface area contributed by atoms with E-state index in [1.165, 1.54) is 5.56 Å². The van der Waals surface area contributed by atoms with Gasteiger partial charge in [0, 0.05) is 22.2 Å². The third-order valence-corrected chi connectivity index (χ3v) is 2.52. The van der Waals surface area contributed by atoms with E-state index in [0.29, 0.717) is 0 Å². The molecule has 0 aliphatic rings. The fourth-order valence-corrected chi connectivity index (χ4v) is 1.72. The minimum absolute atomic E-state index is 0.190. The number of benzene rings is 1. The summed E-state index contributed by atoms with van der Waals surface area (Å²) in [6.07, 6.45) is 0. The lowest BCUT2D eigenvalue weighted by Crippen LogP contribution is -2.39. The number of halogens is 1. The molecule has 1 aromatic carbocycles. The average Bonchev–Trinajstić information content (AvgIpc) is 2.00. The predicted molar refractivity (Wildman–Crippen MR) is 65.6 cm³/mol. The lowest BCUT2D eigenvalue weighted by atomic mass is 10.1. The Morgan fingerprint density at radius 2 is 2.07 bits per heavy atom. The molecule has 0 radical (unpaired) electrons. The number of hydrogen-bond donors (Lipinski definition) is 2. The Balaban J connectivity index is 2.68. The van der Waals surface area contributed by atoms with Crippen LogP contribution in [0.25, 0.3) is 0 Å². The van der Waals surface area contributed by atoms with Gasteiger partial charge in [-0.05, 0) is 54.4 Å². The maximum Gasteiger partial charge on any atom is 0.0485 e. The van der Waals surface area contributed by atoms with E-state index in [9.17, 15) is 0 Å². The third kappa shape index (κ3) is 3.68. The summed E-state index contributed by atoms with van der Waals surface area (Å²) in [5.41, 5.74) is 8.03. The molecule has 0 heterocycles. The minimum Gasteiger partial charge on any atom is -0.382 e. The smallest absolute Gasteiger partial charge is 0.0485 e. The second-order valence-electron chi connectivity index (χ2n) is 4.33. The molecule has 0 aromatic heterocycles. The van der Waals surface area contributed by atoms with Crippen LogP contribution < -0.4 is 11.1 Å². The van der Waals surface area contributed by atoms with E-state index in [4.69, 9.17) is 5.73 Å². The van der Waals surface area contributed by atoms with E-state index in [1.54, 1.807) is 0 Å². The number of nitrogens with one attached hydrogen (secondary N) is 1. The van der Waals surface area contributed by atoms with Crippen LogP contribution in [0, 0.1) is 6.92 Å². The highest BCUT2D eigenvalue weighted by molar-refractivity contribution is 9.10. The number of hydrogen-bond acceptors (Lipinski definition) is 2. The van der Waals surface area contributed by atoms with Crippen LogP contribution in [0.15, 0.2) is 22.7 Å². The standard InChI is InChI=1S/C11H17BrN2/c1-8-4-5-10(9(12)6-8)14-7-11(2,3)13/h4-6,14H,7,13H2,1-3H3. The molecular weight excluding hydrogens is 240 g/mol. The highest BCUT2D eigenvalue weighted by Gasteiger charge is 2.10. The Labute approximate surface area is 94.0 Å². The van der Waals surface area contributed by atoms with Crippen LogP contribution in [0.4, 0.5) is 5.69 Å². The quantitative estimate of drug-likeness (QED) is 0.873. The van der Waals surface area contributed by atoms with Crippen molar-refractivity contribution in [1.29, 1.82) is 0 Å². The highest BCUT2D eigenvalue weighted by Crippen LogP contribution is 2.23. The zero-order valence-corrected chi connectivity index (χ0v) is 10.5. The van der Waals surface area contributed by atoms with E-state index in [2.05, 4.69) is 46.4 Å². The van der Waals surface area contributed by atoms with E-state index >= 15 is 0 Å². The topological polar surface area (TPSA) is 38.0 Å². The van der Waals surface area contributed by atoms with E-state index in [1.807, 2.05) is 13.8 Å². The van der Waals surface area contributed by atoms with Crippen molar-refractivity contribution in [2.24, 2.45) is 5.73 Å². The van der Waals surface area contributed by atoms with Crippen LogP contribution >= 0.6 is 15.9 Å². The first-order chi connectivity index (χ1) is 6.38. The van der Waals surface area contributed by atoms with Gasteiger partial charge in [0.05, 0.1) is 0 Å². The van der Waals surface area contributed by atoms with Gasteiger partial charge in [0.1, 0.15) is 0 Å². The third-order valence-electron chi connectivity index (χ3n) is 1.86. The molecule has 14 heavy (non-hydrogen) atoms. The van der Waals surface area contributed by atoms with Crippen LogP contribution in [0.5, 0.6) is 0 Å². The van der Waals surface area contributed by atoms with Crippen LogP contribution in [0.2, 0.25) is 0 Å². The molecule has 3 heteroatoms. The molecule has 3 N–H and O–H groups in total. The molecule has 0 saturated heterocycles. The van der Waals surface area contributed by atoms with E-state index in [-0.39, 0.29) is 5.54 Å². The number of rotatable bonds is 3. The second kappa shape index (κ2) is 4.32. The maximum absolute atomic E-state index is 5.89. The summed E-state index contributed by atoms with van der Waals surface area (Å²) in [6.45, 7) is 6.83. The Morgan fingerprint density at radius 1 is 1.43 bits per heavy atom. The summed E-state index contributed by atoms with van der Waals surface area (Å²) in [5.74, 6) is 0. The van der Waals surface area contributed by atoms with Crippen molar-refractivity contribution in [3.8, 4) is 0 Å². The Kier molecular flexibility index (Phi) is 3.56. The first-order valence-electron chi connectivity index (χ1n) is 4.67. The molecular formula is C11H17BrN2. The molecule has 0 aliphatic carbocycles. The minimum atomic E-state index is -0.190. The molecule has 1 rings (SSSR count). The first kappa shape index (κ1) is 11.5. The van der Waals surface area contributed by atoms with Crippen LogP contribution in [-0.2, 0) is 0 Å². The molecule has 0 aliphatic heterocycles. The lowest BCUT2D eigenvalue weighted by Gasteiger charge is -2.20. The van der Waals surface area contributed by atoms with Gasteiger partial charge < -0.3 is 11.1 Å². The molecule has 0 spiro atoms. The van der Waals surface area contributed by atoms with Gasteiger partial charge >= 0.3 is 0 Å². The van der Waals surface area contributed by atoms with Crippen molar-refractivity contribution >= 4 is 21.6 Å². The van der Waals surface area contributed by atoms with Crippen LogP contribution in [0.1, 0.15) is 19.4 Å². The Bertz CT molecular complexity index is 316. The van der Waals surface area contributed by atoms with Crippen molar-refractivity contribution in [2.75, 3.05) is 11.9 Å². The normalized spacial score (nSPS) is 11.5. The summed E-state index contributed by atoms with van der Waals surface area (Å²) in [5, 5.41) is 3.31. The van der Waals surface area contributed by atoms with Crippen molar-refractivity contribution in [3.63, 3.8) is 0 Å². The van der Waals surface area contributed by atoms with Crippen LogP contribution in [-0.4, -0.2) is 12.1 Å². The monoisotopic (exact) mass is 256 g/mol. The summed E-state index contributed by atoms with van der Waals surface area (Å²) in [7, 11) is 0. The van der Waals surface area contributed by atoms with Gasteiger partial charge in [0.25, 0.3) is 0 Å². The summed E-state index contributed by atoms with van der Waals surface area (Å²) >= 11 is 3.51. The maximum atomic E-state index is 5.89. The van der Waals surface area contributed by atoms with Crippen LogP contribution in [0.3, 0.4) is 0 Å². The first-order valence-corrected chi connectivity index (χ1v) is 5.47. The van der Waals surface area contributed by atoms with Gasteiger partial charge in [-0.1, -0.05) is 6.07 Å². The molecule has 0 amide bonds. The fourth-order valence-electron chi connectivity index (χ4n) is 1.09. The molecule has 1 aromatic rings. The van der Waals surface area contributed by atoms with Crippen molar-refractivity contribution < 1.29 is 0 Å². The van der Waals surface area contributed by atoms with Gasteiger partial charge in [-0.25, -0.2) is 0 Å². The van der Waals surface area contributed by atoms with Gasteiger partial charge in [-0.15, -0.1) is 0 Å². The molecule has 2 nitrogen and oxygen atoms in total. The zero-order valence-electron chi connectivity index (χ0n) is 8.89. The second-order valence-corrected chi connectivity index (χ2v) is 5.18. The number of nitrogens with two attached hydrogens (primary N) is 1.